The normalized spacial score (nSPS) is 14.7. The second kappa shape index (κ2) is 6.60. The van der Waals surface area contributed by atoms with Crippen LogP contribution in [-0.4, -0.2) is 22.8 Å². The first-order chi connectivity index (χ1) is 11.0. The van der Waals surface area contributed by atoms with Crippen LogP contribution in [0.1, 0.15) is 34.8 Å². The molecule has 1 heterocycles. The lowest BCUT2D eigenvalue weighted by Gasteiger charge is -2.23. The summed E-state index contributed by atoms with van der Waals surface area (Å²) in [5.41, 5.74) is 2.91. The molecule has 1 aliphatic rings. The Hall–Kier alpha value is -2.04. The first kappa shape index (κ1) is 15.8. The Morgan fingerprint density at radius 2 is 2.09 bits per heavy atom. The number of aliphatic carboxylic acids is 1. The molecule has 23 heavy (non-hydrogen) atoms. The van der Waals surface area contributed by atoms with Crippen molar-refractivity contribution in [2.75, 3.05) is 6.61 Å². The number of carboxylic acids is 1. The molecule has 0 saturated carbocycles. The highest BCUT2D eigenvalue weighted by Crippen LogP contribution is 2.34. The van der Waals surface area contributed by atoms with Crippen molar-refractivity contribution in [3.8, 4) is 5.75 Å². The molecule has 0 spiro atoms. The van der Waals surface area contributed by atoms with E-state index in [1.54, 1.807) is 36.4 Å². The van der Waals surface area contributed by atoms with Crippen LogP contribution in [0.2, 0.25) is 5.02 Å². The van der Waals surface area contributed by atoms with E-state index in [9.17, 15) is 9.90 Å². The molecule has 120 valence electrons. The Morgan fingerprint density at radius 3 is 2.83 bits per heavy atom. The molecule has 4 nitrogen and oxygen atoms in total. The molecule has 2 N–H and O–H groups in total. The third-order valence-corrected chi connectivity index (χ3v) is 4.21. The summed E-state index contributed by atoms with van der Waals surface area (Å²) in [6, 6.07) is 10.5. The van der Waals surface area contributed by atoms with Gasteiger partial charge in [-0.05, 0) is 53.3 Å². The fourth-order valence-corrected chi connectivity index (χ4v) is 3.12. The van der Waals surface area contributed by atoms with Crippen molar-refractivity contribution in [3.63, 3.8) is 0 Å². The van der Waals surface area contributed by atoms with Crippen LogP contribution in [0.3, 0.4) is 0 Å². The van der Waals surface area contributed by atoms with Gasteiger partial charge < -0.3 is 14.9 Å². The molecular formula is C18H17ClO4. The highest BCUT2D eigenvalue weighted by molar-refractivity contribution is 6.30. The maximum atomic E-state index is 11.1. The fraction of sp³-hybridized carbons (Fsp3) is 0.278. The SMILES string of the molecule is O=C(O)Cc1cc(C(O)c2cccc(Cl)c2)cc2c1CCCO2. The minimum atomic E-state index is -0.896. The summed E-state index contributed by atoms with van der Waals surface area (Å²) in [7, 11) is 0. The lowest BCUT2D eigenvalue weighted by molar-refractivity contribution is -0.136. The van der Waals surface area contributed by atoms with Gasteiger partial charge in [0.25, 0.3) is 0 Å². The van der Waals surface area contributed by atoms with Gasteiger partial charge in [0.05, 0.1) is 13.0 Å². The Morgan fingerprint density at radius 1 is 1.26 bits per heavy atom. The second-order valence-corrected chi connectivity index (χ2v) is 6.07. The molecule has 0 bridgehead atoms. The quantitative estimate of drug-likeness (QED) is 0.900. The van der Waals surface area contributed by atoms with Crippen molar-refractivity contribution in [2.24, 2.45) is 0 Å². The fourth-order valence-electron chi connectivity index (χ4n) is 2.92. The number of aliphatic hydroxyl groups is 1. The number of carbonyl (C=O) groups is 1. The van der Waals surface area contributed by atoms with E-state index in [-0.39, 0.29) is 6.42 Å². The van der Waals surface area contributed by atoms with Crippen LogP contribution in [0.25, 0.3) is 0 Å². The number of hydrogen-bond acceptors (Lipinski definition) is 3. The molecule has 0 aliphatic carbocycles. The highest BCUT2D eigenvalue weighted by Gasteiger charge is 2.21. The van der Waals surface area contributed by atoms with Gasteiger partial charge >= 0.3 is 5.97 Å². The molecule has 5 heteroatoms. The third-order valence-electron chi connectivity index (χ3n) is 3.97. The van der Waals surface area contributed by atoms with Gasteiger partial charge in [-0.1, -0.05) is 29.8 Å². The maximum absolute atomic E-state index is 11.1. The van der Waals surface area contributed by atoms with E-state index >= 15 is 0 Å². The number of benzene rings is 2. The zero-order chi connectivity index (χ0) is 16.4. The number of aliphatic hydroxyl groups excluding tert-OH is 1. The van der Waals surface area contributed by atoms with E-state index in [0.717, 1.165) is 18.4 Å². The molecule has 0 amide bonds. The number of fused-ring (bicyclic) bond motifs is 1. The van der Waals surface area contributed by atoms with Gasteiger partial charge in [-0.25, -0.2) is 0 Å². The Balaban J connectivity index is 2.03. The van der Waals surface area contributed by atoms with Crippen LogP contribution in [-0.2, 0) is 17.6 Å². The van der Waals surface area contributed by atoms with Crippen LogP contribution >= 0.6 is 11.6 Å². The second-order valence-electron chi connectivity index (χ2n) is 5.64. The minimum absolute atomic E-state index is 0.0815. The molecule has 2 aromatic carbocycles. The molecule has 0 aromatic heterocycles. The summed E-state index contributed by atoms with van der Waals surface area (Å²) in [4.78, 5) is 11.1. The third kappa shape index (κ3) is 3.49. The van der Waals surface area contributed by atoms with Crippen LogP contribution in [0.15, 0.2) is 36.4 Å². The molecule has 2 aromatic rings. The van der Waals surface area contributed by atoms with Gasteiger partial charge in [0.15, 0.2) is 0 Å². The van der Waals surface area contributed by atoms with E-state index in [2.05, 4.69) is 0 Å². The van der Waals surface area contributed by atoms with Gasteiger partial charge in [0.1, 0.15) is 11.9 Å². The Labute approximate surface area is 139 Å². The Bertz CT molecular complexity index is 742. The first-order valence-electron chi connectivity index (χ1n) is 7.48. The van der Waals surface area contributed by atoms with Crippen molar-refractivity contribution in [1.82, 2.24) is 0 Å². The predicted molar refractivity (Wildman–Crippen MR) is 87.1 cm³/mol. The van der Waals surface area contributed by atoms with E-state index in [4.69, 9.17) is 21.4 Å². The van der Waals surface area contributed by atoms with Crippen LogP contribution < -0.4 is 4.74 Å². The molecule has 0 radical (unpaired) electrons. The lowest BCUT2D eigenvalue weighted by Crippen LogP contribution is -2.14. The van der Waals surface area contributed by atoms with Gasteiger partial charge in [-0.15, -0.1) is 0 Å². The zero-order valence-corrected chi connectivity index (χ0v) is 13.2. The van der Waals surface area contributed by atoms with Crippen molar-refractivity contribution >= 4 is 17.6 Å². The predicted octanol–water partition coefficient (Wildman–Crippen LogP) is 3.37. The number of halogens is 1. The number of carboxylic acid groups (broad SMARTS) is 1. The van der Waals surface area contributed by atoms with Gasteiger partial charge in [-0.2, -0.15) is 0 Å². The van der Waals surface area contributed by atoms with E-state index in [1.807, 2.05) is 0 Å². The lowest BCUT2D eigenvalue weighted by atomic mass is 9.92. The number of ether oxygens (including phenoxy) is 1. The highest BCUT2D eigenvalue weighted by atomic mass is 35.5. The Kier molecular flexibility index (Phi) is 4.55. The molecule has 1 atom stereocenters. The summed E-state index contributed by atoms with van der Waals surface area (Å²) in [5, 5.41) is 20.3. The summed E-state index contributed by atoms with van der Waals surface area (Å²) < 4.78 is 5.67. The van der Waals surface area contributed by atoms with Crippen LogP contribution in [0, 0.1) is 0 Å². The smallest absolute Gasteiger partial charge is 0.307 e. The van der Waals surface area contributed by atoms with Gasteiger partial charge in [-0.3, -0.25) is 4.79 Å². The summed E-state index contributed by atoms with van der Waals surface area (Å²) in [6.07, 6.45) is 0.709. The van der Waals surface area contributed by atoms with Gasteiger partial charge in [0.2, 0.25) is 0 Å². The first-order valence-corrected chi connectivity index (χ1v) is 7.86. The van der Waals surface area contributed by atoms with Crippen molar-refractivity contribution in [1.29, 1.82) is 0 Å². The maximum Gasteiger partial charge on any atom is 0.307 e. The number of rotatable bonds is 4. The summed E-state index contributed by atoms with van der Waals surface area (Å²) >= 11 is 5.98. The number of hydrogen-bond donors (Lipinski definition) is 2. The topological polar surface area (TPSA) is 66.8 Å². The monoisotopic (exact) mass is 332 g/mol. The molecule has 0 saturated heterocycles. The van der Waals surface area contributed by atoms with E-state index < -0.39 is 12.1 Å². The molecule has 3 rings (SSSR count). The molecule has 1 aliphatic heterocycles. The zero-order valence-electron chi connectivity index (χ0n) is 12.5. The van der Waals surface area contributed by atoms with Crippen molar-refractivity contribution in [3.05, 3.63) is 63.7 Å². The summed E-state index contributed by atoms with van der Waals surface area (Å²) in [5.74, 6) is -0.224. The molecule has 1 unspecified atom stereocenters. The molecular weight excluding hydrogens is 316 g/mol. The standard InChI is InChI=1S/C18H17ClO4/c19-14-4-1-3-11(8-14)18(22)13-7-12(10-17(20)21)15-5-2-6-23-16(15)9-13/h1,3-4,7-9,18,22H,2,5-6,10H2,(H,20,21). The van der Waals surface area contributed by atoms with Crippen molar-refractivity contribution in [2.45, 2.75) is 25.4 Å². The minimum Gasteiger partial charge on any atom is -0.493 e. The summed E-state index contributed by atoms with van der Waals surface area (Å²) in [6.45, 7) is 0.607. The van der Waals surface area contributed by atoms with E-state index in [1.165, 1.54) is 0 Å². The molecule has 0 fully saturated rings. The van der Waals surface area contributed by atoms with Crippen LogP contribution in [0.4, 0.5) is 0 Å². The van der Waals surface area contributed by atoms with E-state index in [0.29, 0.717) is 34.1 Å². The van der Waals surface area contributed by atoms with Gasteiger partial charge in [0, 0.05) is 5.02 Å². The average Bonchev–Trinajstić information content (AvgIpc) is 2.53. The largest absolute Gasteiger partial charge is 0.493 e. The average molecular weight is 333 g/mol. The van der Waals surface area contributed by atoms with Crippen LogP contribution in [0.5, 0.6) is 5.75 Å². The van der Waals surface area contributed by atoms with Crippen molar-refractivity contribution < 1.29 is 19.7 Å².